The number of hydrogen-bond donors (Lipinski definition) is 1. The van der Waals surface area contributed by atoms with Crippen LogP contribution in [0.25, 0.3) is 0 Å². The molecular weight excluding hydrogens is 295 g/mol. The van der Waals surface area contributed by atoms with E-state index in [9.17, 15) is 18.8 Å². The molecule has 2 rings (SSSR count). The van der Waals surface area contributed by atoms with Crippen LogP contribution in [0.2, 0.25) is 0 Å². The molecule has 7 nitrogen and oxygen atoms in total. The Kier molecular flexibility index (Phi) is 4.59. The number of ether oxygens (including phenoxy) is 2. The number of hydrogen-bond acceptors (Lipinski definition) is 5. The van der Waals surface area contributed by atoms with Crippen LogP contribution in [0.5, 0.6) is 5.75 Å². The number of amides is 3. The number of nitrogens with zero attached hydrogens (tertiary/aromatic N) is 1. The number of methoxy groups -OCH3 is 1. The molecule has 0 aromatic heterocycles. The van der Waals surface area contributed by atoms with Gasteiger partial charge in [-0.05, 0) is 25.1 Å². The number of carbonyl (C=O) groups is 3. The van der Waals surface area contributed by atoms with Crippen LogP contribution in [0.1, 0.15) is 17.3 Å². The Labute approximate surface area is 126 Å². The summed E-state index contributed by atoms with van der Waals surface area (Å²) in [6, 6.07) is 3.04. The third-order valence-electron chi connectivity index (χ3n) is 3.14. The summed E-state index contributed by atoms with van der Waals surface area (Å²) in [4.78, 5) is 36.2. The van der Waals surface area contributed by atoms with Gasteiger partial charge in [0.05, 0.1) is 12.7 Å². The highest BCUT2D eigenvalue weighted by molar-refractivity contribution is 5.99. The van der Waals surface area contributed by atoms with E-state index < -0.39 is 29.8 Å². The smallest absolute Gasteiger partial charge is 0.339 e. The minimum absolute atomic E-state index is 0.00517. The van der Waals surface area contributed by atoms with Gasteiger partial charge < -0.3 is 14.8 Å². The van der Waals surface area contributed by atoms with E-state index in [0.29, 0.717) is 6.54 Å². The van der Waals surface area contributed by atoms with Crippen molar-refractivity contribution in [3.8, 4) is 5.75 Å². The molecule has 1 fully saturated rings. The summed E-state index contributed by atoms with van der Waals surface area (Å²) in [6.07, 6.45) is -1.15. The van der Waals surface area contributed by atoms with Crippen LogP contribution in [0, 0.1) is 5.82 Å². The van der Waals surface area contributed by atoms with Crippen molar-refractivity contribution in [1.29, 1.82) is 0 Å². The molecular formula is C14H15FN2O5. The summed E-state index contributed by atoms with van der Waals surface area (Å²) >= 11 is 0. The second kappa shape index (κ2) is 6.42. The Balaban J connectivity index is 2.03. The van der Waals surface area contributed by atoms with Crippen molar-refractivity contribution in [3.63, 3.8) is 0 Å². The van der Waals surface area contributed by atoms with E-state index >= 15 is 0 Å². The molecule has 0 unspecified atom stereocenters. The van der Waals surface area contributed by atoms with Crippen LogP contribution < -0.4 is 10.1 Å². The lowest BCUT2D eigenvalue weighted by atomic mass is 10.2. The number of carbonyl (C=O) groups excluding carboxylic acids is 3. The third kappa shape index (κ3) is 3.16. The Hall–Kier alpha value is -2.64. The van der Waals surface area contributed by atoms with Crippen LogP contribution in [0.3, 0.4) is 0 Å². The fourth-order valence-corrected chi connectivity index (χ4v) is 1.97. The Morgan fingerprint density at radius 1 is 1.41 bits per heavy atom. The predicted octanol–water partition coefficient (Wildman–Crippen LogP) is 0.931. The number of imide groups is 1. The van der Waals surface area contributed by atoms with E-state index in [4.69, 9.17) is 9.47 Å². The van der Waals surface area contributed by atoms with E-state index in [-0.39, 0.29) is 17.9 Å². The van der Waals surface area contributed by atoms with Crippen molar-refractivity contribution in [2.45, 2.75) is 13.0 Å². The fraction of sp³-hybridized carbons (Fsp3) is 0.357. The van der Waals surface area contributed by atoms with Gasteiger partial charge in [0.25, 0.3) is 5.91 Å². The highest BCUT2D eigenvalue weighted by Gasteiger charge is 2.31. The standard InChI is InChI=1S/C14H15FN2O5/c1-8(12(18)17-6-5-16-14(17)20)22-13(19)9-3-4-11(21-2)10(15)7-9/h3-4,7-8H,5-6H2,1-2H3,(H,16,20)/t8-/m1/s1. The van der Waals surface area contributed by atoms with Crippen molar-refractivity contribution in [1.82, 2.24) is 10.2 Å². The quantitative estimate of drug-likeness (QED) is 0.836. The molecule has 118 valence electrons. The van der Waals surface area contributed by atoms with Gasteiger partial charge in [-0.15, -0.1) is 0 Å². The van der Waals surface area contributed by atoms with Gasteiger partial charge in [-0.1, -0.05) is 0 Å². The third-order valence-corrected chi connectivity index (χ3v) is 3.14. The predicted molar refractivity (Wildman–Crippen MR) is 72.9 cm³/mol. The van der Waals surface area contributed by atoms with E-state index in [0.717, 1.165) is 11.0 Å². The molecule has 8 heteroatoms. The van der Waals surface area contributed by atoms with Crippen LogP contribution in [-0.4, -0.2) is 49.1 Å². The van der Waals surface area contributed by atoms with E-state index in [1.54, 1.807) is 0 Å². The van der Waals surface area contributed by atoms with E-state index in [2.05, 4.69) is 5.32 Å². The molecule has 3 amide bonds. The maximum Gasteiger partial charge on any atom is 0.339 e. The van der Waals surface area contributed by atoms with Crippen molar-refractivity contribution < 1.29 is 28.2 Å². The molecule has 1 aromatic carbocycles. The van der Waals surface area contributed by atoms with E-state index in [1.165, 1.54) is 26.2 Å². The molecule has 1 aromatic rings. The first-order valence-corrected chi connectivity index (χ1v) is 6.57. The number of esters is 1. The van der Waals surface area contributed by atoms with Gasteiger partial charge in [0.15, 0.2) is 17.7 Å². The SMILES string of the molecule is COc1ccc(C(=O)O[C@H](C)C(=O)N2CCNC2=O)cc1F. The molecule has 0 aliphatic carbocycles. The highest BCUT2D eigenvalue weighted by Crippen LogP contribution is 2.18. The maximum atomic E-state index is 13.5. The lowest BCUT2D eigenvalue weighted by Crippen LogP contribution is -2.41. The zero-order valence-corrected chi connectivity index (χ0v) is 12.1. The molecule has 1 heterocycles. The second-order valence-electron chi connectivity index (χ2n) is 4.62. The lowest BCUT2D eigenvalue weighted by Gasteiger charge is -2.18. The maximum absolute atomic E-state index is 13.5. The highest BCUT2D eigenvalue weighted by atomic mass is 19.1. The first-order chi connectivity index (χ1) is 10.4. The van der Waals surface area contributed by atoms with Crippen molar-refractivity contribution in [3.05, 3.63) is 29.6 Å². The average Bonchev–Trinajstić information content (AvgIpc) is 2.92. The number of nitrogens with one attached hydrogen (secondary N) is 1. The molecule has 1 N–H and O–H groups in total. The van der Waals surface area contributed by atoms with Crippen LogP contribution in [-0.2, 0) is 9.53 Å². The minimum atomic E-state index is -1.15. The summed E-state index contributed by atoms with van der Waals surface area (Å²) in [5.41, 5.74) is -0.0520. The molecule has 0 saturated carbocycles. The summed E-state index contributed by atoms with van der Waals surface area (Å²) in [6.45, 7) is 1.93. The summed E-state index contributed by atoms with van der Waals surface area (Å²) < 4.78 is 23.3. The molecule has 1 saturated heterocycles. The number of halogens is 1. The first kappa shape index (κ1) is 15.7. The average molecular weight is 310 g/mol. The zero-order chi connectivity index (χ0) is 16.3. The van der Waals surface area contributed by atoms with Crippen molar-refractivity contribution in [2.24, 2.45) is 0 Å². The Morgan fingerprint density at radius 2 is 2.14 bits per heavy atom. The van der Waals surface area contributed by atoms with E-state index in [1.807, 2.05) is 0 Å². The topological polar surface area (TPSA) is 84.9 Å². The largest absolute Gasteiger partial charge is 0.494 e. The summed E-state index contributed by atoms with van der Waals surface area (Å²) in [5, 5.41) is 2.47. The molecule has 0 spiro atoms. The fourth-order valence-electron chi connectivity index (χ4n) is 1.97. The molecule has 0 bridgehead atoms. The molecule has 1 atom stereocenters. The van der Waals surface area contributed by atoms with Gasteiger partial charge in [0, 0.05) is 13.1 Å². The lowest BCUT2D eigenvalue weighted by molar-refractivity contribution is -0.136. The Morgan fingerprint density at radius 3 is 2.68 bits per heavy atom. The second-order valence-corrected chi connectivity index (χ2v) is 4.62. The van der Waals surface area contributed by atoms with Gasteiger partial charge >= 0.3 is 12.0 Å². The van der Waals surface area contributed by atoms with Crippen LogP contribution in [0.15, 0.2) is 18.2 Å². The molecule has 0 radical (unpaired) electrons. The molecule has 1 aliphatic rings. The first-order valence-electron chi connectivity index (χ1n) is 6.57. The van der Waals surface area contributed by atoms with Crippen LogP contribution >= 0.6 is 0 Å². The number of rotatable bonds is 4. The van der Waals surface area contributed by atoms with Crippen LogP contribution in [0.4, 0.5) is 9.18 Å². The minimum Gasteiger partial charge on any atom is -0.494 e. The van der Waals surface area contributed by atoms with Gasteiger partial charge in [-0.25, -0.2) is 14.0 Å². The van der Waals surface area contributed by atoms with Crippen molar-refractivity contribution >= 4 is 17.9 Å². The van der Waals surface area contributed by atoms with Gasteiger partial charge in [0.1, 0.15) is 0 Å². The van der Waals surface area contributed by atoms with Gasteiger partial charge in [-0.3, -0.25) is 9.69 Å². The monoisotopic (exact) mass is 310 g/mol. The molecule has 22 heavy (non-hydrogen) atoms. The Bertz CT molecular complexity index is 619. The normalized spacial score (nSPS) is 15.2. The zero-order valence-electron chi connectivity index (χ0n) is 12.1. The summed E-state index contributed by atoms with van der Waals surface area (Å²) in [7, 11) is 1.30. The van der Waals surface area contributed by atoms with Gasteiger partial charge in [0.2, 0.25) is 0 Å². The molecule has 1 aliphatic heterocycles. The number of urea groups is 1. The number of benzene rings is 1. The van der Waals surface area contributed by atoms with Gasteiger partial charge in [-0.2, -0.15) is 0 Å². The summed E-state index contributed by atoms with van der Waals surface area (Å²) in [5.74, 6) is -2.20. The van der Waals surface area contributed by atoms with Crippen molar-refractivity contribution in [2.75, 3.05) is 20.2 Å².